The SMILES string of the molecule is CC1CN(Cc2ccc(F)cc2)C(=O)c2c(OCc3ccccc3)c3ncccc3/c(=N\N(Cc3ccccc3)Cc3ccccc3)n21. The number of hydrogen-bond donors (Lipinski definition) is 0. The molecule has 6 aromatic rings. The van der Waals surface area contributed by atoms with E-state index in [1.165, 1.54) is 12.1 Å². The third kappa shape index (κ3) is 6.69. The van der Waals surface area contributed by atoms with Gasteiger partial charge in [-0.25, -0.2) is 4.39 Å². The first-order chi connectivity index (χ1) is 23.5. The van der Waals surface area contributed by atoms with Crippen LogP contribution in [0.15, 0.2) is 139 Å². The number of nitrogens with zero attached hydrogens (tertiary/aromatic N) is 5. The third-order valence-corrected chi connectivity index (χ3v) is 8.53. The fraction of sp³-hybridized carbons (Fsp3) is 0.175. The predicted octanol–water partition coefficient (Wildman–Crippen LogP) is 7.49. The van der Waals surface area contributed by atoms with Gasteiger partial charge in [0.1, 0.15) is 17.9 Å². The number of fused-ring (bicyclic) bond motifs is 2. The molecule has 0 spiro atoms. The number of aromatic nitrogens is 2. The van der Waals surface area contributed by atoms with Crippen LogP contribution in [0.4, 0.5) is 4.39 Å². The van der Waals surface area contributed by atoms with Crippen LogP contribution < -0.4 is 10.2 Å². The van der Waals surface area contributed by atoms with Crippen LogP contribution in [0.2, 0.25) is 0 Å². The molecule has 3 heterocycles. The van der Waals surface area contributed by atoms with Crippen molar-refractivity contribution in [3.8, 4) is 5.75 Å². The summed E-state index contributed by atoms with van der Waals surface area (Å²) in [6, 6.07) is 40.4. The van der Waals surface area contributed by atoms with E-state index in [1.807, 2.05) is 88.4 Å². The van der Waals surface area contributed by atoms with Gasteiger partial charge in [-0.1, -0.05) is 103 Å². The summed E-state index contributed by atoms with van der Waals surface area (Å²) in [5.74, 6) is -0.0807. The average Bonchev–Trinajstić information content (AvgIpc) is 3.12. The molecule has 2 aromatic heterocycles. The van der Waals surface area contributed by atoms with E-state index >= 15 is 0 Å². The van der Waals surface area contributed by atoms with Gasteiger partial charge in [-0.3, -0.25) is 14.8 Å². The van der Waals surface area contributed by atoms with Crippen LogP contribution in [-0.4, -0.2) is 31.9 Å². The normalized spacial score (nSPS) is 14.6. The average molecular weight is 638 g/mol. The largest absolute Gasteiger partial charge is 0.484 e. The standard InChI is InChI=1S/C40H36FN5O2/c1-29-24-44(25-32-19-21-34(41)22-20-32)40(47)37-38(48-28-33-16-9-4-10-17-33)36-35(18-11-23-42-36)39(46(29)37)43-45(26-30-12-5-2-6-13-30)27-31-14-7-3-8-15-31/h2-23,29H,24-28H2,1H3/b43-39+. The Morgan fingerprint density at radius 1 is 0.792 bits per heavy atom. The molecule has 0 aliphatic carbocycles. The first-order valence-corrected chi connectivity index (χ1v) is 16.1. The van der Waals surface area contributed by atoms with Crippen LogP contribution in [0.3, 0.4) is 0 Å². The van der Waals surface area contributed by atoms with Crippen molar-refractivity contribution >= 4 is 16.8 Å². The summed E-state index contributed by atoms with van der Waals surface area (Å²) in [6.45, 7) is 4.27. The zero-order chi connectivity index (χ0) is 32.9. The molecule has 1 aliphatic heterocycles. The Morgan fingerprint density at radius 3 is 2.02 bits per heavy atom. The minimum atomic E-state index is -0.311. The molecular formula is C40H36FN5O2. The summed E-state index contributed by atoms with van der Waals surface area (Å²) in [6.07, 6.45) is 1.72. The van der Waals surface area contributed by atoms with E-state index in [0.717, 1.165) is 27.6 Å². The molecule has 1 unspecified atom stereocenters. The van der Waals surface area contributed by atoms with Crippen molar-refractivity contribution < 1.29 is 13.9 Å². The Morgan fingerprint density at radius 2 is 1.40 bits per heavy atom. The van der Waals surface area contributed by atoms with E-state index in [0.29, 0.717) is 48.6 Å². The molecule has 1 amide bonds. The number of hydrogen-bond acceptors (Lipinski definition) is 5. The third-order valence-electron chi connectivity index (χ3n) is 8.53. The Bertz CT molecular complexity index is 2040. The van der Waals surface area contributed by atoms with Crippen molar-refractivity contribution in [2.75, 3.05) is 6.54 Å². The lowest BCUT2D eigenvalue weighted by Gasteiger charge is -2.36. The quantitative estimate of drug-likeness (QED) is 0.146. The van der Waals surface area contributed by atoms with Crippen LogP contribution in [0.1, 0.15) is 45.7 Å². The highest BCUT2D eigenvalue weighted by molar-refractivity contribution is 6.01. The number of carbonyl (C=O) groups is 1. The molecule has 0 bridgehead atoms. The number of ether oxygens (including phenoxy) is 1. The second kappa shape index (κ2) is 13.9. The first-order valence-electron chi connectivity index (χ1n) is 16.1. The van der Waals surface area contributed by atoms with Crippen molar-refractivity contribution in [2.45, 2.75) is 39.2 Å². The molecule has 8 heteroatoms. The van der Waals surface area contributed by atoms with Crippen LogP contribution in [0.5, 0.6) is 5.75 Å². The maximum Gasteiger partial charge on any atom is 0.274 e. The molecule has 0 saturated heterocycles. The number of pyridine rings is 2. The molecule has 1 aliphatic rings. The fourth-order valence-corrected chi connectivity index (χ4v) is 6.25. The highest BCUT2D eigenvalue weighted by Crippen LogP contribution is 2.33. The summed E-state index contributed by atoms with van der Waals surface area (Å²) in [5.41, 5.74) is 5.68. The lowest BCUT2D eigenvalue weighted by Crippen LogP contribution is -2.47. The number of amides is 1. The number of carbonyl (C=O) groups excluding carboxylic acids is 1. The van der Waals surface area contributed by atoms with Crippen molar-refractivity contribution in [3.63, 3.8) is 0 Å². The Balaban J connectivity index is 1.41. The molecule has 0 radical (unpaired) electrons. The Kier molecular flexibility index (Phi) is 8.96. The van der Waals surface area contributed by atoms with Crippen LogP contribution >= 0.6 is 0 Å². The van der Waals surface area contributed by atoms with Gasteiger partial charge in [0.15, 0.2) is 16.9 Å². The summed E-state index contributed by atoms with van der Waals surface area (Å²) in [7, 11) is 0. The second-order valence-corrected chi connectivity index (χ2v) is 12.1. The van der Waals surface area contributed by atoms with E-state index in [4.69, 9.17) is 14.8 Å². The fourth-order valence-electron chi connectivity index (χ4n) is 6.25. The lowest BCUT2D eigenvalue weighted by molar-refractivity contribution is 0.0645. The van der Waals surface area contributed by atoms with Crippen LogP contribution in [-0.2, 0) is 26.2 Å². The van der Waals surface area contributed by atoms with Gasteiger partial charge in [-0.05, 0) is 53.4 Å². The Hall–Kier alpha value is -5.76. The highest BCUT2D eigenvalue weighted by Gasteiger charge is 2.35. The number of halogens is 1. The summed E-state index contributed by atoms with van der Waals surface area (Å²) in [5, 5.41) is 8.18. The second-order valence-electron chi connectivity index (χ2n) is 12.1. The maximum absolute atomic E-state index is 14.6. The van der Waals surface area contributed by atoms with E-state index < -0.39 is 0 Å². The van der Waals surface area contributed by atoms with Gasteiger partial charge >= 0.3 is 0 Å². The van der Waals surface area contributed by atoms with Crippen LogP contribution in [0.25, 0.3) is 10.9 Å². The van der Waals surface area contributed by atoms with Gasteiger partial charge < -0.3 is 14.2 Å². The van der Waals surface area contributed by atoms with Gasteiger partial charge in [0.2, 0.25) is 0 Å². The van der Waals surface area contributed by atoms with Crippen molar-refractivity contribution in [3.05, 3.63) is 173 Å². The van der Waals surface area contributed by atoms with E-state index in [-0.39, 0.29) is 24.4 Å². The lowest BCUT2D eigenvalue weighted by atomic mass is 10.1. The van der Waals surface area contributed by atoms with Gasteiger partial charge in [-0.2, -0.15) is 5.10 Å². The molecule has 0 N–H and O–H groups in total. The monoisotopic (exact) mass is 637 g/mol. The molecular weight excluding hydrogens is 601 g/mol. The van der Waals surface area contributed by atoms with Gasteiger partial charge in [0.05, 0.1) is 19.1 Å². The maximum atomic E-state index is 14.6. The van der Waals surface area contributed by atoms with Crippen molar-refractivity contribution in [1.82, 2.24) is 19.5 Å². The molecule has 7 nitrogen and oxygen atoms in total. The first kappa shape index (κ1) is 30.9. The van der Waals surface area contributed by atoms with Gasteiger partial charge in [-0.15, -0.1) is 0 Å². The molecule has 1 atom stereocenters. The number of benzene rings is 4. The zero-order valence-corrected chi connectivity index (χ0v) is 26.7. The molecule has 0 saturated carbocycles. The highest BCUT2D eigenvalue weighted by atomic mass is 19.1. The molecule has 48 heavy (non-hydrogen) atoms. The minimum absolute atomic E-state index is 0.157. The smallest absolute Gasteiger partial charge is 0.274 e. The van der Waals surface area contributed by atoms with E-state index in [9.17, 15) is 9.18 Å². The minimum Gasteiger partial charge on any atom is -0.484 e. The summed E-state index contributed by atoms with van der Waals surface area (Å²) in [4.78, 5) is 21.2. The van der Waals surface area contributed by atoms with Gasteiger partial charge in [0.25, 0.3) is 5.91 Å². The Labute approximate surface area is 279 Å². The zero-order valence-electron chi connectivity index (χ0n) is 26.7. The molecule has 7 rings (SSSR count). The van der Waals surface area contributed by atoms with Crippen molar-refractivity contribution in [2.24, 2.45) is 5.10 Å². The summed E-state index contributed by atoms with van der Waals surface area (Å²) < 4.78 is 22.3. The van der Waals surface area contributed by atoms with Crippen LogP contribution in [0, 0.1) is 5.82 Å². The molecule has 4 aromatic carbocycles. The molecule has 0 fully saturated rings. The van der Waals surface area contributed by atoms with E-state index in [2.05, 4.69) is 31.2 Å². The topological polar surface area (TPSA) is 63.0 Å². The van der Waals surface area contributed by atoms with Gasteiger partial charge in [0, 0.05) is 24.7 Å². The van der Waals surface area contributed by atoms with E-state index in [1.54, 1.807) is 23.2 Å². The number of rotatable bonds is 10. The van der Waals surface area contributed by atoms with Crippen molar-refractivity contribution in [1.29, 1.82) is 0 Å². The predicted molar refractivity (Wildman–Crippen MR) is 184 cm³/mol. The molecule has 240 valence electrons. The summed E-state index contributed by atoms with van der Waals surface area (Å²) >= 11 is 0.